The molecule has 0 bridgehead atoms. The van der Waals surface area contributed by atoms with Crippen LogP contribution in [0.25, 0.3) is 0 Å². The maximum absolute atomic E-state index is 13.7. The number of allylic oxidation sites excluding steroid dienone is 2. The van der Waals surface area contributed by atoms with Crippen molar-refractivity contribution in [1.82, 2.24) is 0 Å². The number of carboxylic acid groups (broad SMARTS) is 1. The molecule has 2 rings (SSSR count). The molecule has 2 atom stereocenters. The summed E-state index contributed by atoms with van der Waals surface area (Å²) in [6.45, 7) is 0. The number of carboxylic acids is 1. The molecule has 1 aromatic rings. The third kappa shape index (κ3) is 6.38. The highest BCUT2D eigenvalue weighted by molar-refractivity contribution is 6.04. The molecule has 6 heteroatoms. The van der Waals surface area contributed by atoms with Gasteiger partial charge in [-0.3, -0.25) is 14.4 Å². The molecule has 0 aromatic heterocycles. The maximum Gasteiger partial charge on any atom is 0.303 e. The van der Waals surface area contributed by atoms with Gasteiger partial charge in [0.15, 0.2) is 5.78 Å². The molecule has 4 nitrogen and oxygen atoms in total. The minimum absolute atomic E-state index is 0.0721. The molecule has 1 aliphatic carbocycles. The van der Waals surface area contributed by atoms with Crippen molar-refractivity contribution in [2.24, 2.45) is 11.8 Å². The summed E-state index contributed by atoms with van der Waals surface area (Å²) in [7, 11) is 0. The van der Waals surface area contributed by atoms with Crippen LogP contribution in [0.1, 0.15) is 61.7 Å². The lowest BCUT2D eigenvalue weighted by Gasteiger charge is -2.14. The molecule has 1 N–H and O–H groups in total. The van der Waals surface area contributed by atoms with E-state index >= 15 is 0 Å². The maximum atomic E-state index is 13.7. The van der Waals surface area contributed by atoms with Crippen LogP contribution in [-0.4, -0.2) is 22.6 Å². The van der Waals surface area contributed by atoms with E-state index in [1.807, 2.05) is 0 Å². The molecule has 1 fully saturated rings. The molecule has 1 saturated carbocycles. The van der Waals surface area contributed by atoms with Crippen LogP contribution < -0.4 is 0 Å². The number of Topliss-reactive ketones (excluding diaryl/α,β-unsaturated/α-hetero) is 1. The van der Waals surface area contributed by atoms with Gasteiger partial charge in [0, 0.05) is 18.8 Å². The van der Waals surface area contributed by atoms with Crippen molar-refractivity contribution in [3.63, 3.8) is 0 Å². The van der Waals surface area contributed by atoms with Gasteiger partial charge in [0.1, 0.15) is 17.4 Å². The zero-order chi connectivity index (χ0) is 19.8. The lowest BCUT2D eigenvalue weighted by Crippen LogP contribution is -2.13. The second-order valence-corrected chi connectivity index (χ2v) is 6.97. The van der Waals surface area contributed by atoms with Gasteiger partial charge in [-0.2, -0.15) is 0 Å². The molecule has 1 aliphatic rings. The monoisotopic (exact) mass is 378 g/mol. The van der Waals surface area contributed by atoms with E-state index in [-0.39, 0.29) is 29.6 Å². The Labute approximate surface area is 157 Å². The first-order chi connectivity index (χ1) is 12.9. The third-order valence-corrected chi connectivity index (χ3v) is 5.00. The van der Waals surface area contributed by atoms with Crippen molar-refractivity contribution in [3.8, 4) is 0 Å². The van der Waals surface area contributed by atoms with Gasteiger partial charge in [0.2, 0.25) is 0 Å². The minimum Gasteiger partial charge on any atom is -0.481 e. The molecule has 0 spiro atoms. The average Bonchev–Trinajstić information content (AvgIpc) is 2.97. The van der Waals surface area contributed by atoms with Gasteiger partial charge in [0.05, 0.1) is 5.56 Å². The van der Waals surface area contributed by atoms with E-state index in [4.69, 9.17) is 5.11 Å². The van der Waals surface area contributed by atoms with Crippen LogP contribution in [0.2, 0.25) is 0 Å². The quantitative estimate of drug-likeness (QED) is 0.363. The molecule has 27 heavy (non-hydrogen) atoms. The summed E-state index contributed by atoms with van der Waals surface area (Å²) in [6.07, 6.45) is 7.98. The number of hydrogen-bond acceptors (Lipinski definition) is 3. The number of hydrogen-bond donors (Lipinski definition) is 1. The Bertz CT molecular complexity index is 727. The molecular weight excluding hydrogens is 354 g/mol. The van der Waals surface area contributed by atoms with Crippen molar-refractivity contribution in [1.29, 1.82) is 0 Å². The van der Waals surface area contributed by atoms with Crippen molar-refractivity contribution in [2.75, 3.05) is 0 Å². The highest BCUT2D eigenvalue weighted by Crippen LogP contribution is 2.34. The number of ketones is 2. The van der Waals surface area contributed by atoms with Crippen LogP contribution in [0.5, 0.6) is 0 Å². The predicted octanol–water partition coefficient (Wildman–Crippen LogP) is 4.72. The fourth-order valence-electron chi connectivity index (χ4n) is 3.52. The molecule has 0 aliphatic heterocycles. The van der Waals surface area contributed by atoms with Gasteiger partial charge in [-0.25, -0.2) is 8.78 Å². The molecule has 2 unspecified atom stereocenters. The zero-order valence-corrected chi connectivity index (χ0v) is 15.1. The summed E-state index contributed by atoms with van der Waals surface area (Å²) in [5.41, 5.74) is -0.314. The molecule has 0 heterocycles. The van der Waals surface area contributed by atoms with Crippen LogP contribution in [0.15, 0.2) is 30.4 Å². The Morgan fingerprint density at radius 3 is 2.63 bits per heavy atom. The normalized spacial score (nSPS) is 19.7. The number of halogens is 2. The van der Waals surface area contributed by atoms with E-state index in [0.717, 1.165) is 37.5 Å². The number of carbonyl (C=O) groups is 3. The lowest BCUT2D eigenvalue weighted by molar-refractivity contribution is -0.137. The number of aliphatic carboxylic acids is 1. The van der Waals surface area contributed by atoms with Crippen LogP contribution in [-0.2, 0) is 9.59 Å². The second-order valence-electron chi connectivity index (χ2n) is 6.97. The number of benzene rings is 1. The third-order valence-electron chi connectivity index (χ3n) is 5.00. The van der Waals surface area contributed by atoms with E-state index in [9.17, 15) is 23.2 Å². The average molecular weight is 378 g/mol. The standard InChI is InChI=1S/C21H24F2O4/c22-15-9-10-18(23)17(13-15)20(25)12-8-14-7-11-19(24)16(14)5-3-1-2-4-6-21(26)27/h8-10,12-14,16H,1-7,11H2,(H,26,27)/b12-8+. The summed E-state index contributed by atoms with van der Waals surface area (Å²) in [5.74, 6) is -2.93. The van der Waals surface area contributed by atoms with E-state index in [1.54, 1.807) is 6.08 Å². The highest BCUT2D eigenvalue weighted by atomic mass is 19.1. The first-order valence-electron chi connectivity index (χ1n) is 9.30. The van der Waals surface area contributed by atoms with E-state index < -0.39 is 23.4 Å². The largest absolute Gasteiger partial charge is 0.481 e. The van der Waals surface area contributed by atoms with Gasteiger partial charge >= 0.3 is 5.97 Å². The first-order valence-corrected chi connectivity index (χ1v) is 9.30. The fraction of sp³-hybridized carbons (Fsp3) is 0.476. The van der Waals surface area contributed by atoms with Crippen LogP contribution >= 0.6 is 0 Å². The highest BCUT2D eigenvalue weighted by Gasteiger charge is 2.32. The Morgan fingerprint density at radius 1 is 1.15 bits per heavy atom. The fourth-order valence-corrected chi connectivity index (χ4v) is 3.52. The molecule has 0 saturated heterocycles. The summed E-state index contributed by atoms with van der Waals surface area (Å²) < 4.78 is 26.9. The van der Waals surface area contributed by atoms with Gasteiger partial charge in [0.25, 0.3) is 0 Å². The Kier molecular flexibility index (Phi) is 7.82. The molecule has 0 radical (unpaired) electrons. The van der Waals surface area contributed by atoms with Crippen LogP contribution in [0, 0.1) is 23.5 Å². The minimum atomic E-state index is -0.800. The lowest BCUT2D eigenvalue weighted by atomic mass is 9.89. The first kappa shape index (κ1) is 20.9. The topological polar surface area (TPSA) is 71.4 Å². The number of rotatable bonds is 10. The Balaban J connectivity index is 1.87. The zero-order valence-electron chi connectivity index (χ0n) is 15.1. The van der Waals surface area contributed by atoms with Gasteiger partial charge in [-0.05, 0) is 49.5 Å². The van der Waals surface area contributed by atoms with Gasteiger partial charge in [-0.1, -0.05) is 25.3 Å². The molecular formula is C21H24F2O4. The van der Waals surface area contributed by atoms with Crippen molar-refractivity contribution in [3.05, 3.63) is 47.5 Å². The van der Waals surface area contributed by atoms with Crippen molar-refractivity contribution in [2.45, 2.75) is 51.4 Å². The van der Waals surface area contributed by atoms with E-state index in [0.29, 0.717) is 25.7 Å². The van der Waals surface area contributed by atoms with Crippen molar-refractivity contribution < 1.29 is 28.3 Å². The van der Waals surface area contributed by atoms with Gasteiger partial charge in [-0.15, -0.1) is 0 Å². The summed E-state index contributed by atoms with van der Waals surface area (Å²) in [6, 6.07) is 2.75. The van der Waals surface area contributed by atoms with Crippen LogP contribution in [0.3, 0.4) is 0 Å². The predicted molar refractivity (Wildman–Crippen MR) is 96.4 cm³/mol. The molecule has 0 amide bonds. The SMILES string of the molecule is O=C(O)CCCCCCC1C(=O)CCC1/C=C/C(=O)c1cc(F)ccc1F. The van der Waals surface area contributed by atoms with Gasteiger partial charge < -0.3 is 5.11 Å². The van der Waals surface area contributed by atoms with E-state index in [1.165, 1.54) is 6.08 Å². The smallest absolute Gasteiger partial charge is 0.303 e. The number of unbranched alkanes of at least 4 members (excludes halogenated alkanes) is 3. The van der Waals surface area contributed by atoms with E-state index in [2.05, 4.69) is 0 Å². The summed E-state index contributed by atoms with van der Waals surface area (Å²) in [4.78, 5) is 34.7. The van der Waals surface area contributed by atoms with Crippen molar-refractivity contribution >= 4 is 17.5 Å². The Hall–Kier alpha value is -2.37. The molecule has 1 aromatic carbocycles. The second kappa shape index (κ2) is 10.1. The summed E-state index contributed by atoms with van der Waals surface area (Å²) in [5, 5.41) is 8.61. The Morgan fingerprint density at radius 2 is 1.89 bits per heavy atom. The number of carbonyl (C=O) groups excluding carboxylic acids is 2. The summed E-state index contributed by atoms with van der Waals surface area (Å²) >= 11 is 0. The van der Waals surface area contributed by atoms with Crippen LogP contribution in [0.4, 0.5) is 8.78 Å². The molecule has 146 valence electrons.